The lowest BCUT2D eigenvalue weighted by Crippen LogP contribution is -2.16. The number of aromatic nitrogens is 4. The van der Waals surface area contributed by atoms with Crippen LogP contribution in [0.5, 0.6) is 0 Å². The monoisotopic (exact) mass is 454 g/mol. The van der Waals surface area contributed by atoms with E-state index in [0.29, 0.717) is 36.1 Å². The van der Waals surface area contributed by atoms with Gasteiger partial charge in [0, 0.05) is 32.9 Å². The van der Waals surface area contributed by atoms with Crippen molar-refractivity contribution >= 4 is 17.9 Å². The van der Waals surface area contributed by atoms with Gasteiger partial charge in [-0.2, -0.15) is 4.98 Å². The molecule has 0 bridgehead atoms. The number of anilines is 1. The summed E-state index contributed by atoms with van der Waals surface area (Å²) in [6, 6.07) is 0. The molecule has 3 rings (SSSR count). The molecule has 33 heavy (non-hydrogen) atoms. The second-order valence-electron chi connectivity index (χ2n) is 9.18. The number of nitrogens with zero attached hydrogens (tertiary/aromatic N) is 6. The van der Waals surface area contributed by atoms with Crippen molar-refractivity contribution in [3.05, 3.63) is 18.3 Å². The maximum atomic E-state index is 12.6. The van der Waals surface area contributed by atoms with Gasteiger partial charge in [-0.3, -0.25) is 14.8 Å². The van der Waals surface area contributed by atoms with Crippen LogP contribution in [0.3, 0.4) is 0 Å². The van der Waals surface area contributed by atoms with Crippen LogP contribution in [0.15, 0.2) is 21.9 Å². The summed E-state index contributed by atoms with van der Waals surface area (Å²) in [5, 5.41) is 4.17. The van der Waals surface area contributed by atoms with Gasteiger partial charge in [-0.05, 0) is 18.8 Å². The maximum Gasteiger partial charge on any atom is 0.230 e. The van der Waals surface area contributed by atoms with Crippen LogP contribution in [-0.4, -0.2) is 46.3 Å². The van der Waals surface area contributed by atoms with E-state index >= 15 is 0 Å². The third-order valence-corrected chi connectivity index (χ3v) is 6.46. The van der Waals surface area contributed by atoms with Crippen molar-refractivity contribution in [1.82, 2.24) is 20.1 Å². The van der Waals surface area contributed by atoms with E-state index in [2.05, 4.69) is 32.0 Å². The molecular formula is C25H38N6O2. The predicted octanol–water partition coefficient (Wildman–Crippen LogP) is 5.60. The molecule has 8 heteroatoms. The molecule has 0 saturated heterocycles. The van der Waals surface area contributed by atoms with Crippen molar-refractivity contribution in [2.75, 3.05) is 19.0 Å². The zero-order chi connectivity index (χ0) is 23.5. The fourth-order valence-electron chi connectivity index (χ4n) is 4.56. The fourth-order valence-corrected chi connectivity index (χ4v) is 4.56. The van der Waals surface area contributed by atoms with Gasteiger partial charge in [-0.1, -0.05) is 63.4 Å². The molecule has 0 radical (unpaired) electrons. The Morgan fingerprint density at radius 1 is 1.24 bits per heavy atom. The number of Topliss-reactive ketones (excluding diaryl/α,β-unsaturated/α-hetero) is 1. The number of rotatable bonds is 13. The van der Waals surface area contributed by atoms with Gasteiger partial charge < -0.3 is 9.42 Å². The van der Waals surface area contributed by atoms with Crippen LogP contribution in [0.25, 0.3) is 11.5 Å². The minimum absolute atomic E-state index is 0.0368. The molecule has 1 aliphatic rings. The van der Waals surface area contributed by atoms with Gasteiger partial charge in [0.25, 0.3) is 0 Å². The van der Waals surface area contributed by atoms with E-state index in [1.165, 1.54) is 38.5 Å². The molecule has 0 spiro atoms. The number of aliphatic imine (C=N–C) groups is 1. The highest BCUT2D eigenvalue weighted by Crippen LogP contribution is 2.32. The van der Waals surface area contributed by atoms with Crippen molar-refractivity contribution in [3.8, 4) is 11.5 Å². The third kappa shape index (κ3) is 7.72. The normalized spacial score (nSPS) is 15.7. The van der Waals surface area contributed by atoms with E-state index < -0.39 is 0 Å². The molecule has 1 atom stereocenters. The van der Waals surface area contributed by atoms with E-state index in [1.54, 1.807) is 30.7 Å². The topological polar surface area (TPSA) is 97.4 Å². The van der Waals surface area contributed by atoms with Gasteiger partial charge in [-0.15, -0.1) is 0 Å². The predicted molar refractivity (Wildman–Crippen MR) is 130 cm³/mol. The zero-order valence-electron chi connectivity index (χ0n) is 20.4. The first kappa shape index (κ1) is 25.0. The van der Waals surface area contributed by atoms with Crippen molar-refractivity contribution in [1.29, 1.82) is 0 Å². The molecule has 0 N–H and O–H groups in total. The molecule has 8 nitrogen and oxygen atoms in total. The van der Waals surface area contributed by atoms with Gasteiger partial charge in [0.1, 0.15) is 11.5 Å². The van der Waals surface area contributed by atoms with Crippen molar-refractivity contribution in [2.45, 2.75) is 89.9 Å². The van der Waals surface area contributed by atoms with Crippen molar-refractivity contribution in [2.24, 2.45) is 10.9 Å². The Morgan fingerprint density at radius 2 is 2.06 bits per heavy atom. The van der Waals surface area contributed by atoms with E-state index in [0.717, 1.165) is 31.6 Å². The summed E-state index contributed by atoms with van der Waals surface area (Å²) in [5.41, 5.74) is 0.539. The average molecular weight is 455 g/mol. The van der Waals surface area contributed by atoms with Crippen LogP contribution in [0, 0.1) is 5.92 Å². The molecule has 2 heterocycles. The van der Waals surface area contributed by atoms with Crippen molar-refractivity contribution < 1.29 is 9.32 Å². The largest absolute Gasteiger partial charge is 0.339 e. The molecule has 2 aromatic heterocycles. The molecule has 1 saturated carbocycles. The van der Waals surface area contributed by atoms with Gasteiger partial charge in [0.05, 0.1) is 18.7 Å². The number of carbonyl (C=O) groups is 1. The number of carbonyl (C=O) groups excluding carboxylic acids is 1. The number of ketones is 1. The molecule has 0 amide bonds. The van der Waals surface area contributed by atoms with Crippen LogP contribution in [0.4, 0.5) is 5.82 Å². The molecule has 180 valence electrons. The van der Waals surface area contributed by atoms with Crippen LogP contribution in [0.2, 0.25) is 0 Å². The molecule has 0 aromatic carbocycles. The Bertz CT molecular complexity index is 891. The smallest absolute Gasteiger partial charge is 0.230 e. The van der Waals surface area contributed by atoms with Gasteiger partial charge in [0.15, 0.2) is 5.82 Å². The Labute approximate surface area is 197 Å². The Hall–Kier alpha value is -2.64. The quantitative estimate of drug-likeness (QED) is 0.287. The van der Waals surface area contributed by atoms with Crippen molar-refractivity contribution in [3.63, 3.8) is 0 Å². The summed E-state index contributed by atoms with van der Waals surface area (Å²) in [5.74, 6) is 2.65. The Kier molecular flexibility index (Phi) is 9.97. The first-order valence-electron chi connectivity index (χ1n) is 12.4. The van der Waals surface area contributed by atoms with Gasteiger partial charge in [-0.25, -0.2) is 4.98 Å². The summed E-state index contributed by atoms with van der Waals surface area (Å²) in [6.45, 7) is 2.11. The average Bonchev–Trinajstić information content (AvgIpc) is 3.33. The summed E-state index contributed by atoms with van der Waals surface area (Å²) < 4.78 is 5.66. The maximum absolute atomic E-state index is 12.6. The fraction of sp³-hybridized carbons (Fsp3) is 0.680. The third-order valence-electron chi connectivity index (χ3n) is 6.46. The lowest BCUT2D eigenvalue weighted by molar-refractivity contribution is -0.119. The highest BCUT2D eigenvalue weighted by Gasteiger charge is 2.24. The zero-order valence-corrected chi connectivity index (χ0v) is 20.4. The summed E-state index contributed by atoms with van der Waals surface area (Å²) in [7, 11) is 3.56. The van der Waals surface area contributed by atoms with Crippen LogP contribution < -0.4 is 4.90 Å². The second kappa shape index (κ2) is 13.2. The lowest BCUT2D eigenvalue weighted by Gasteiger charge is -2.22. The highest BCUT2D eigenvalue weighted by molar-refractivity contribution is 5.79. The molecule has 0 aliphatic heterocycles. The first-order valence-corrected chi connectivity index (χ1v) is 12.4. The summed E-state index contributed by atoms with van der Waals surface area (Å²) >= 11 is 0. The second-order valence-corrected chi connectivity index (χ2v) is 9.18. The molecule has 1 fully saturated rings. The lowest BCUT2D eigenvalue weighted by atomic mass is 9.84. The van der Waals surface area contributed by atoms with E-state index in [9.17, 15) is 4.79 Å². The minimum atomic E-state index is -0.0368. The van der Waals surface area contributed by atoms with Crippen LogP contribution >= 0.6 is 0 Å². The standard InChI is InChI=1S/C25H38N6O2/c1-4-5-14-21(32)15-20(13-9-12-19-10-7-6-8-11-19)25-29-24(30-33-25)22-16-27-17-23(28-22)31(3)18-26-2/h16-20H,4-15H2,1-3H3. The number of unbranched alkanes of at least 4 members (excludes halogenated alkanes) is 1. The molecule has 1 aliphatic carbocycles. The SMILES string of the molecule is CCCCC(=O)CC(CCCC1CCCCC1)c1nc(-c2cncc(N(C)C=NC)n2)no1. The highest BCUT2D eigenvalue weighted by atomic mass is 16.5. The van der Waals surface area contributed by atoms with E-state index in [-0.39, 0.29) is 11.7 Å². The van der Waals surface area contributed by atoms with Gasteiger partial charge in [0.2, 0.25) is 11.7 Å². The van der Waals surface area contributed by atoms with Gasteiger partial charge >= 0.3 is 0 Å². The number of hydrogen-bond donors (Lipinski definition) is 0. The summed E-state index contributed by atoms with van der Waals surface area (Å²) in [4.78, 5) is 31.8. The minimum Gasteiger partial charge on any atom is -0.339 e. The molecule has 1 unspecified atom stereocenters. The van der Waals surface area contributed by atoms with E-state index in [4.69, 9.17) is 4.52 Å². The molecule has 2 aromatic rings. The Balaban J connectivity index is 1.70. The number of hydrogen-bond acceptors (Lipinski definition) is 7. The Morgan fingerprint density at radius 3 is 2.82 bits per heavy atom. The van der Waals surface area contributed by atoms with E-state index in [1.807, 2.05) is 7.05 Å². The first-order chi connectivity index (χ1) is 16.1. The van der Waals surface area contributed by atoms with Crippen LogP contribution in [-0.2, 0) is 4.79 Å². The summed E-state index contributed by atoms with van der Waals surface area (Å²) in [6.07, 6.45) is 18.0. The molecular weight excluding hydrogens is 416 g/mol. The van der Waals surface area contributed by atoms with Crippen LogP contribution in [0.1, 0.15) is 95.8 Å².